The molecule has 1 nitrogen and oxygen atoms in total. The minimum Gasteiger partial charge on any atom is -0.299 e. The van der Waals surface area contributed by atoms with Crippen molar-refractivity contribution in [2.45, 2.75) is 45.4 Å². The Bertz CT molecular complexity index is 494. The lowest BCUT2D eigenvalue weighted by atomic mass is 9.65. The van der Waals surface area contributed by atoms with Gasteiger partial charge in [-0.25, -0.2) is 0 Å². The first-order valence-corrected chi connectivity index (χ1v) is 7.57. The molecule has 2 unspecified atom stereocenters. The number of halogens is 2. The van der Waals surface area contributed by atoms with Crippen LogP contribution >= 0.6 is 23.2 Å². The van der Waals surface area contributed by atoms with Gasteiger partial charge < -0.3 is 0 Å². The van der Waals surface area contributed by atoms with E-state index in [1.807, 2.05) is 12.1 Å². The molecule has 104 valence electrons. The van der Waals surface area contributed by atoms with Crippen LogP contribution in [0.5, 0.6) is 0 Å². The maximum absolute atomic E-state index is 12.3. The first kappa shape index (κ1) is 14.9. The number of Topliss-reactive ketones (excluding diaryl/α,β-unsaturated/α-hetero) is 1. The molecule has 2 rings (SSSR count). The van der Waals surface area contributed by atoms with Crippen LogP contribution in [0, 0.1) is 11.8 Å². The van der Waals surface area contributed by atoms with Crippen LogP contribution in [-0.4, -0.2) is 5.78 Å². The van der Waals surface area contributed by atoms with Crippen LogP contribution < -0.4 is 0 Å². The van der Waals surface area contributed by atoms with Gasteiger partial charge in [0.25, 0.3) is 0 Å². The third-order valence-corrected chi connectivity index (χ3v) is 5.22. The largest absolute Gasteiger partial charge is 0.299 e. The highest BCUT2D eigenvalue weighted by molar-refractivity contribution is 6.42. The van der Waals surface area contributed by atoms with Crippen LogP contribution in [0.15, 0.2) is 18.2 Å². The normalized spacial score (nSPS) is 24.6. The topological polar surface area (TPSA) is 17.1 Å². The van der Waals surface area contributed by atoms with E-state index in [1.54, 1.807) is 6.07 Å². The van der Waals surface area contributed by atoms with Crippen LogP contribution in [0.4, 0.5) is 0 Å². The Morgan fingerprint density at radius 3 is 2.53 bits per heavy atom. The highest BCUT2D eigenvalue weighted by Gasteiger charge is 2.40. The number of rotatable bonds is 2. The van der Waals surface area contributed by atoms with Crippen molar-refractivity contribution in [2.75, 3.05) is 0 Å². The SMILES string of the molecule is CC1CCC(C(C)(C)c2cccc(Cl)c2Cl)C(=O)C1. The monoisotopic (exact) mass is 298 g/mol. The molecule has 19 heavy (non-hydrogen) atoms. The number of ketones is 1. The van der Waals surface area contributed by atoms with Crippen LogP contribution in [0.25, 0.3) is 0 Å². The molecule has 0 aliphatic heterocycles. The molecule has 0 spiro atoms. The van der Waals surface area contributed by atoms with Gasteiger partial charge in [0.1, 0.15) is 5.78 Å². The Kier molecular flexibility index (Phi) is 4.27. The molecule has 1 aromatic rings. The fraction of sp³-hybridized carbons (Fsp3) is 0.562. The van der Waals surface area contributed by atoms with Crippen molar-refractivity contribution >= 4 is 29.0 Å². The van der Waals surface area contributed by atoms with Crippen molar-refractivity contribution in [3.05, 3.63) is 33.8 Å². The fourth-order valence-corrected chi connectivity index (χ4v) is 3.70. The second kappa shape index (κ2) is 5.46. The van der Waals surface area contributed by atoms with Crippen molar-refractivity contribution in [3.8, 4) is 0 Å². The van der Waals surface area contributed by atoms with E-state index < -0.39 is 0 Å². The molecule has 0 aromatic heterocycles. The third-order valence-electron chi connectivity index (χ3n) is 4.40. The van der Waals surface area contributed by atoms with Crippen molar-refractivity contribution in [1.82, 2.24) is 0 Å². The second-order valence-corrected chi connectivity index (χ2v) is 7.01. The number of carbonyl (C=O) groups is 1. The molecule has 1 aliphatic rings. The summed E-state index contributed by atoms with van der Waals surface area (Å²) >= 11 is 12.4. The van der Waals surface area contributed by atoms with Gasteiger partial charge in [0.15, 0.2) is 0 Å². The van der Waals surface area contributed by atoms with Gasteiger partial charge in [-0.3, -0.25) is 4.79 Å². The molecule has 1 aliphatic carbocycles. The number of carbonyl (C=O) groups excluding carboxylic acids is 1. The molecule has 0 N–H and O–H groups in total. The number of benzene rings is 1. The van der Waals surface area contributed by atoms with E-state index in [0.717, 1.165) is 18.4 Å². The van der Waals surface area contributed by atoms with E-state index in [0.29, 0.717) is 28.2 Å². The Hall–Kier alpha value is -0.530. The van der Waals surface area contributed by atoms with Gasteiger partial charge in [0.2, 0.25) is 0 Å². The van der Waals surface area contributed by atoms with Gasteiger partial charge in [0, 0.05) is 17.8 Å². The average Bonchev–Trinajstić information content (AvgIpc) is 2.31. The lowest BCUT2D eigenvalue weighted by molar-refractivity contribution is -0.128. The van der Waals surface area contributed by atoms with Gasteiger partial charge >= 0.3 is 0 Å². The molecule has 0 heterocycles. The summed E-state index contributed by atoms with van der Waals surface area (Å²) in [5.41, 5.74) is 0.716. The Balaban J connectivity index is 2.36. The van der Waals surface area contributed by atoms with Crippen molar-refractivity contribution in [3.63, 3.8) is 0 Å². The van der Waals surface area contributed by atoms with Crippen molar-refractivity contribution < 1.29 is 4.79 Å². The molecule has 1 saturated carbocycles. The summed E-state index contributed by atoms with van der Waals surface area (Å²) in [6.45, 7) is 6.35. The Labute approximate surface area is 125 Å². The van der Waals surface area contributed by atoms with Gasteiger partial charge in [0.05, 0.1) is 10.0 Å². The highest BCUT2D eigenvalue weighted by atomic mass is 35.5. The number of hydrogen-bond acceptors (Lipinski definition) is 1. The predicted octanol–water partition coefficient (Wildman–Crippen LogP) is 5.28. The molecular weight excluding hydrogens is 279 g/mol. The van der Waals surface area contributed by atoms with Gasteiger partial charge in [-0.05, 0) is 30.4 Å². The summed E-state index contributed by atoms with van der Waals surface area (Å²) in [6, 6.07) is 5.68. The molecule has 0 saturated heterocycles. The number of hydrogen-bond donors (Lipinski definition) is 0. The smallest absolute Gasteiger partial charge is 0.137 e. The first-order chi connectivity index (χ1) is 8.84. The van der Waals surface area contributed by atoms with Gasteiger partial charge in [-0.1, -0.05) is 56.1 Å². The molecule has 1 fully saturated rings. The summed E-state index contributed by atoms with van der Waals surface area (Å²) in [6.07, 6.45) is 2.74. The van der Waals surface area contributed by atoms with E-state index >= 15 is 0 Å². The maximum Gasteiger partial charge on any atom is 0.137 e. The molecule has 1 aromatic carbocycles. The van der Waals surface area contributed by atoms with Gasteiger partial charge in [-0.2, -0.15) is 0 Å². The lowest BCUT2D eigenvalue weighted by Gasteiger charge is -2.38. The van der Waals surface area contributed by atoms with Crippen LogP contribution in [-0.2, 0) is 10.2 Å². The van der Waals surface area contributed by atoms with E-state index in [1.165, 1.54) is 0 Å². The zero-order valence-electron chi connectivity index (χ0n) is 11.7. The van der Waals surface area contributed by atoms with Crippen LogP contribution in [0.1, 0.15) is 45.6 Å². The first-order valence-electron chi connectivity index (χ1n) is 6.81. The molecular formula is C16H20Cl2O. The third kappa shape index (κ3) is 2.83. The van der Waals surface area contributed by atoms with E-state index in [9.17, 15) is 4.79 Å². The lowest BCUT2D eigenvalue weighted by Crippen LogP contribution is -2.38. The van der Waals surface area contributed by atoms with Crippen LogP contribution in [0.2, 0.25) is 10.0 Å². The summed E-state index contributed by atoms with van der Waals surface area (Å²) in [5.74, 6) is 0.911. The minimum atomic E-state index is -0.265. The molecule has 3 heteroatoms. The minimum absolute atomic E-state index is 0.0414. The standard InChI is InChI=1S/C16H20Cl2O/c1-10-7-8-11(14(19)9-10)16(2,3)12-5-4-6-13(17)15(12)18/h4-6,10-11H,7-9H2,1-3H3. The summed E-state index contributed by atoms with van der Waals surface area (Å²) < 4.78 is 0. The molecule has 0 bridgehead atoms. The highest BCUT2D eigenvalue weighted by Crippen LogP contribution is 2.44. The molecule has 2 atom stereocenters. The van der Waals surface area contributed by atoms with E-state index in [2.05, 4.69) is 20.8 Å². The quantitative estimate of drug-likeness (QED) is 0.726. The predicted molar refractivity (Wildman–Crippen MR) is 81.0 cm³/mol. The van der Waals surface area contributed by atoms with Crippen LogP contribution in [0.3, 0.4) is 0 Å². The zero-order valence-corrected chi connectivity index (χ0v) is 13.2. The average molecular weight is 299 g/mol. The second-order valence-electron chi connectivity index (χ2n) is 6.23. The van der Waals surface area contributed by atoms with Gasteiger partial charge in [-0.15, -0.1) is 0 Å². The molecule has 0 amide bonds. The van der Waals surface area contributed by atoms with Crippen molar-refractivity contribution in [2.24, 2.45) is 11.8 Å². The Morgan fingerprint density at radius 2 is 1.89 bits per heavy atom. The summed E-state index contributed by atoms with van der Waals surface area (Å²) in [5, 5.41) is 1.14. The molecule has 0 radical (unpaired) electrons. The Morgan fingerprint density at radius 1 is 1.21 bits per heavy atom. The zero-order chi connectivity index (χ0) is 14.2. The summed E-state index contributed by atoms with van der Waals surface area (Å²) in [4.78, 5) is 12.3. The van der Waals surface area contributed by atoms with E-state index in [-0.39, 0.29) is 11.3 Å². The van der Waals surface area contributed by atoms with Crippen molar-refractivity contribution in [1.29, 1.82) is 0 Å². The maximum atomic E-state index is 12.3. The summed E-state index contributed by atoms with van der Waals surface area (Å²) in [7, 11) is 0. The van der Waals surface area contributed by atoms with E-state index in [4.69, 9.17) is 23.2 Å². The fourth-order valence-electron chi connectivity index (χ4n) is 3.15.